The number of nitrogens with zero attached hydrogens (tertiary/aromatic N) is 5. The Bertz CT molecular complexity index is 1130. The molecule has 0 spiro atoms. The van der Waals surface area contributed by atoms with E-state index in [1.54, 1.807) is 29.0 Å². The molecular weight excluding hydrogens is 416 g/mol. The van der Waals surface area contributed by atoms with Crippen molar-refractivity contribution in [2.75, 3.05) is 44.2 Å². The summed E-state index contributed by atoms with van der Waals surface area (Å²) in [7, 11) is 0. The summed E-state index contributed by atoms with van der Waals surface area (Å²) in [4.78, 5) is 31.3. The normalized spacial score (nSPS) is 15.1. The van der Waals surface area contributed by atoms with Crippen LogP contribution in [0.5, 0.6) is 0 Å². The average Bonchev–Trinajstić information content (AvgIpc) is 3.40. The Morgan fingerprint density at radius 2 is 1.97 bits per heavy atom. The van der Waals surface area contributed by atoms with Gasteiger partial charge in [0.1, 0.15) is 17.0 Å². The van der Waals surface area contributed by atoms with E-state index in [2.05, 4.69) is 47.6 Å². The highest BCUT2D eigenvalue weighted by molar-refractivity contribution is 7.18. The number of carbonyl (C=O) groups is 1. The molecule has 5 rings (SSSR count). The summed E-state index contributed by atoms with van der Waals surface area (Å²) in [6, 6.07) is 10.2. The third kappa shape index (κ3) is 4.14. The Kier molecular flexibility index (Phi) is 5.56. The minimum atomic E-state index is 0.0758. The second kappa shape index (κ2) is 8.63. The van der Waals surface area contributed by atoms with Crippen LogP contribution in [0, 0.1) is 0 Å². The molecule has 3 aromatic heterocycles. The largest absolute Gasteiger partial charge is 0.355 e. The van der Waals surface area contributed by atoms with Crippen molar-refractivity contribution in [2.24, 2.45) is 0 Å². The maximum absolute atomic E-state index is 12.4. The predicted octanol–water partition coefficient (Wildman–Crippen LogP) is 2.78. The van der Waals surface area contributed by atoms with Crippen LogP contribution < -0.4 is 10.2 Å². The van der Waals surface area contributed by atoms with E-state index in [0.717, 1.165) is 59.2 Å². The van der Waals surface area contributed by atoms with E-state index in [-0.39, 0.29) is 5.91 Å². The third-order valence-corrected chi connectivity index (χ3v) is 7.20. The summed E-state index contributed by atoms with van der Waals surface area (Å²) in [5.74, 6) is 1.08. The molecule has 0 unspecified atom stereocenters. The van der Waals surface area contributed by atoms with Gasteiger partial charge in [-0.25, -0.2) is 15.0 Å². The van der Waals surface area contributed by atoms with Crippen molar-refractivity contribution in [3.8, 4) is 0 Å². The number of amides is 1. The Morgan fingerprint density at radius 1 is 1.10 bits per heavy atom. The fourth-order valence-electron chi connectivity index (χ4n) is 3.74. The molecule has 1 saturated heterocycles. The van der Waals surface area contributed by atoms with Crippen molar-refractivity contribution in [3.63, 3.8) is 0 Å². The van der Waals surface area contributed by atoms with E-state index in [9.17, 15) is 4.79 Å². The van der Waals surface area contributed by atoms with Crippen LogP contribution in [-0.2, 0) is 11.2 Å². The van der Waals surface area contributed by atoms with Gasteiger partial charge in [0.15, 0.2) is 0 Å². The molecule has 9 heteroatoms. The molecule has 0 aliphatic carbocycles. The standard InChI is InChI=1S/C21H22N6OS2/c28-18(22-7-5-19-25-16-3-1-2-4-17(16)30-19)13-26-8-10-27(11-9-26)20-15-6-12-29-21(15)24-14-23-20/h1-4,6,12,14H,5,7-11,13H2,(H,22,28). The number of hydrogen-bond donors (Lipinski definition) is 1. The smallest absolute Gasteiger partial charge is 0.234 e. The third-order valence-electron chi connectivity index (χ3n) is 5.28. The van der Waals surface area contributed by atoms with E-state index in [4.69, 9.17) is 0 Å². The quantitative estimate of drug-likeness (QED) is 0.499. The summed E-state index contributed by atoms with van der Waals surface area (Å²) in [5.41, 5.74) is 1.03. The first-order chi connectivity index (χ1) is 14.8. The van der Waals surface area contributed by atoms with Crippen LogP contribution in [-0.4, -0.2) is 65.0 Å². The zero-order valence-corrected chi connectivity index (χ0v) is 18.1. The van der Waals surface area contributed by atoms with Crippen LogP contribution in [0.2, 0.25) is 0 Å². The number of para-hydroxylation sites is 1. The molecule has 1 fully saturated rings. The Labute approximate surface area is 182 Å². The van der Waals surface area contributed by atoms with Crippen molar-refractivity contribution >= 4 is 54.8 Å². The molecule has 1 aliphatic rings. The molecule has 0 atom stereocenters. The van der Waals surface area contributed by atoms with Crippen LogP contribution in [0.4, 0.5) is 5.82 Å². The van der Waals surface area contributed by atoms with Crippen LogP contribution >= 0.6 is 22.7 Å². The summed E-state index contributed by atoms with van der Waals surface area (Å²) < 4.78 is 1.19. The number of thiazole rings is 1. The zero-order chi connectivity index (χ0) is 20.3. The maximum atomic E-state index is 12.4. The highest BCUT2D eigenvalue weighted by Gasteiger charge is 2.21. The van der Waals surface area contributed by atoms with Gasteiger partial charge in [-0.15, -0.1) is 22.7 Å². The molecule has 0 radical (unpaired) electrons. The van der Waals surface area contributed by atoms with E-state index < -0.39 is 0 Å². The molecule has 30 heavy (non-hydrogen) atoms. The number of thiophene rings is 1. The Morgan fingerprint density at radius 3 is 2.83 bits per heavy atom. The van der Waals surface area contributed by atoms with Gasteiger partial charge in [-0.2, -0.15) is 0 Å². The fraction of sp³-hybridized carbons (Fsp3) is 0.333. The summed E-state index contributed by atoms with van der Waals surface area (Å²) in [6.45, 7) is 4.48. The van der Waals surface area contributed by atoms with Gasteiger partial charge < -0.3 is 10.2 Å². The summed E-state index contributed by atoms with van der Waals surface area (Å²) >= 11 is 3.33. The molecule has 1 amide bonds. The van der Waals surface area contributed by atoms with Gasteiger partial charge in [-0.3, -0.25) is 9.69 Å². The molecule has 1 aromatic carbocycles. The minimum absolute atomic E-state index is 0.0758. The molecular formula is C21H22N6OS2. The number of carbonyl (C=O) groups excluding carboxylic acids is 1. The number of hydrogen-bond acceptors (Lipinski definition) is 8. The molecule has 4 aromatic rings. The lowest BCUT2D eigenvalue weighted by atomic mass is 10.2. The van der Waals surface area contributed by atoms with E-state index in [0.29, 0.717) is 13.1 Å². The molecule has 0 bridgehead atoms. The first kappa shape index (κ1) is 19.3. The number of rotatable bonds is 6. The van der Waals surface area contributed by atoms with Crippen molar-refractivity contribution in [3.05, 3.63) is 47.0 Å². The van der Waals surface area contributed by atoms with Crippen LogP contribution in [0.15, 0.2) is 42.0 Å². The molecule has 1 N–H and O–H groups in total. The molecule has 4 heterocycles. The van der Waals surface area contributed by atoms with Crippen LogP contribution in [0.3, 0.4) is 0 Å². The molecule has 1 aliphatic heterocycles. The number of piperazine rings is 1. The van der Waals surface area contributed by atoms with E-state index in [1.807, 2.05) is 18.2 Å². The van der Waals surface area contributed by atoms with Gasteiger partial charge in [-0.05, 0) is 23.6 Å². The highest BCUT2D eigenvalue weighted by Crippen LogP contribution is 2.27. The Balaban J connectivity index is 1.09. The van der Waals surface area contributed by atoms with Gasteiger partial charge in [0.25, 0.3) is 0 Å². The SMILES string of the molecule is O=C(CN1CCN(c2ncnc3sccc23)CC1)NCCc1nc2ccccc2s1. The number of benzene rings is 1. The topological polar surface area (TPSA) is 74.2 Å². The van der Waals surface area contributed by atoms with Crippen molar-refractivity contribution in [1.29, 1.82) is 0 Å². The van der Waals surface area contributed by atoms with Gasteiger partial charge in [0, 0.05) is 39.1 Å². The summed E-state index contributed by atoms with van der Waals surface area (Å²) in [5, 5.41) is 7.27. The molecule has 7 nitrogen and oxygen atoms in total. The summed E-state index contributed by atoms with van der Waals surface area (Å²) in [6.07, 6.45) is 2.41. The predicted molar refractivity (Wildman–Crippen MR) is 122 cm³/mol. The first-order valence-electron chi connectivity index (χ1n) is 10.0. The molecule has 0 saturated carbocycles. The van der Waals surface area contributed by atoms with Crippen LogP contribution in [0.1, 0.15) is 5.01 Å². The van der Waals surface area contributed by atoms with Gasteiger partial charge in [0.2, 0.25) is 5.91 Å². The lowest BCUT2D eigenvalue weighted by Gasteiger charge is -2.35. The highest BCUT2D eigenvalue weighted by atomic mass is 32.1. The minimum Gasteiger partial charge on any atom is -0.355 e. The van der Waals surface area contributed by atoms with Crippen molar-refractivity contribution < 1.29 is 4.79 Å². The molecule has 154 valence electrons. The lowest BCUT2D eigenvalue weighted by Crippen LogP contribution is -2.49. The van der Waals surface area contributed by atoms with Gasteiger partial charge >= 0.3 is 0 Å². The number of anilines is 1. The second-order valence-electron chi connectivity index (χ2n) is 7.28. The Hall–Kier alpha value is -2.62. The van der Waals surface area contributed by atoms with Gasteiger partial charge in [-0.1, -0.05) is 12.1 Å². The lowest BCUT2D eigenvalue weighted by molar-refractivity contribution is -0.122. The van der Waals surface area contributed by atoms with Crippen molar-refractivity contribution in [2.45, 2.75) is 6.42 Å². The van der Waals surface area contributed by atoms with Crippen molar-refractivity contribution in [1.82, 2.24) is 25.2 Å². The zero-order valence-electron chi connectivity index (χ0n) is 16.5. The van der Waals surface area contributed by atoms with E-state index >= 15 is 0 Å². The number of nitrogens with one attached hydrogen (secondary N) is 1. The monoisotopic (exact) mass is 438 g/mol. The second-order valence-corrected chi connectivity index (χ2v) is 9.28. The number of aromatic nitrogens is 3. The fourth-order valence-corrected chi connectivity index (χ4v) is 5.44. The van der Waals surface area contributed by atoms with Gasteiger partial charge in [0.05, 0.1) is 27.2 Å². The maximum Gasteiger partial charge on any atom is 0.234 e. The first-order valence-corrected chi connectivity index (χ1v) is 11.7. The average molecular weight is 439 g/mol. The van der Waals surface area contributed by atoms with E-state index in [1.165, 1.54) is 4.70 Å². The number of fused-ring (bicyclic) bond motifs is 2. The van der Waals surface area contributed by atoms with Crippen LogP contribution in [0.25, 0.3) is 20.4 Å².